The minimum atomic E-state index is 0.343. The molecule has 1 saturated heterocycles. The van der Waals surface area contributed by atoms with E-state index in [4.69, 9.17) is 0 Å². The molecule has 15 heavy (non-hydrogen) atoms. The van der Waals surface area contributed by atoms with Crippen LogP contribution >= 0.6 is 22.9 Å². The van der Waals surface area contributed by atoms with Gasteiger partial charge >= 0.3 is 0 Å². The van der Waals surface area contributed by atoms with Crippen molar-refractivity contribution in [3.05, 3.63) is 0 Å². The smallest absolute Gasteiger partial charge is 0.0210 e. The van der Waals surface area contributed by atoms with Crippen molar-refractivity contribution in [1.82, 2.24) is 8.01 Å². The van der Waals surface area contributed by atoms with E-state index in [0.717, 1.165) is 0 Å². The van der Waals surface area contributed by atoms with E-state index in [9.17, 15) is 0 Å². The van der Waals surface area contributed by atoms with Crippen molar-refractivity contribution in [2.45, 2.75) is 46.6 Å². The van der Waals surface area contributed by atoms with Gasteiger partial charge in [-0.05, 0) is 25.7 Å². The number of hydrogen-bond acceptors (Lipinski definition) is 2. The molecule has 0 bridgehead atoms. The summed E-state index contributed by atoms with van der Waals surface area (Å²) in [6.45, 7) is 16.6. The van der Waals surface area contributed by atoms with Crippen LogP contribution in [-0.2, 0) is 0 Å². The van der Waals surface area contributed by atoms with E-state index in [0.29, 0.717) is 11.0 Å². The predicted octanol–water partition coefficient (Wildman–Crippen LogP) is 3.17. The second-order valence-corrected chi connectivity index (χ2v) is 7.81. The first-order valence-corrected chi connectivity index (χ1v) is 6.83. The van der Waals surface area contributed by atoms with Gasteiger partial charge in [0.25, 0.3) is 0 Å². The molecule has 0 unspecified atom stereocenters. The average Bonchev–Trinajstić information content (AvgIpc) is 2.00. The van der Waals surface area contributed by atoms with Gasteiger partial charge in [0.1, 0.15) is 0 Å². The first-order chi connectivity index (χ1) is 6.71. The molecule has 90 valence electrons. The van der Waals surface area contributed by atoms with Crippen LogP contribution in [0.5, 0.6) is 0 Å². The standard InChI is InChI=1S/C12H25IN2/c1-11(2,3)10-12(4,5)14-6-8-15(13)9-7-14/h6-10H2,1-5H3. The van der Waals surface area contributed by atoms with Crippen LogP contribution in [0.25, 0.3) is 0 Å². The van der Waals surface area contributed by atoms with Crippen molar-refractivity contribution in [2.24, 2.45) is 5.41 Å². The lowest BCUT2D eigenvalue weighted by Crippen LogP contribution is -2.53. The van der Waals surface area contributed by atoms with E-state index in [-0.39, 0.29) is 0 Å². The normalized spacial score (nSPS) is 22.0. The van der Waals surface area contributed by atoms with Gasteiger partial charge in [0.15, 0.2) is 0 Å². The predicted molar refractivity (Wildman–Crippen MR) is 75.3 cm³/mol. The van der Waals surface area contributed by atoms with Crippen LogP contribution in [0.15, 0.2) is 0 Å². The van der Waals surface area contributed by atoms with Gasteiger partial charge < -0.3 is 0 Å². The molecule has 1 aliphatic heterocycles. The van der Waals surface area contributed by atoms with Crippen LogP contribution in [0.3, 0.4) is 0 Å². The third-order valence-electron chi connectivity index (χ3n) is 3.04. The molecule has 0 spiro atoms. The quantitative estimate of drug-likeness (QED) is 0.569. The number of piperazine rings is 1. The molecule has 0 aromatic rings. The molecule has 3 heteroatoms. The van der Waals surface area contributed by atoms with E-state index in [1.165, 1.54) is 32.6 Å². The van der Waals surface area contributed by atoms with Gasteiger partial charge in [-0.1, -0.05) is 20.8 Å². The second-order valence-electron chi connectivity index (χ2n) is 6.45. The van der Waals surface area contributed by atoms with Crippen molar-refractivity contribution in [2.75, 3.05) is 26.2 Å². The van der Waals surface area contributed by atoms with Crippen LogP contribution in [0.1, 0.15) is 41.0 Å². The van der Waals surface area contributed by atoms with Gasteiger partial charge in [-0.3, -0.25) is 4.90 Å². The zero-order chi connectivity index (χ0) is 11.7. The maximum atomic E-state index is 2.65. The molecule has 0 aromatic carbocycles. The lowest BCUT2D eigenvalue weighted by molar-refractivity contribution is 0.0535. The van der Waals surface area contributed by atoms with Crippen molar-refractivity contribution < 1.29 is 0 Å². The Balaban J connectivity index is 2.54. The minimum absolute atomic E-state index is 0.343. The van der Waals surface area contributed by atoms with Crippen LogP contribution in [0, 0.1) is 5.41 Å². The third-order valence-corrected chi connectivity index (χ3v) is 4.01. The number of rotatable bonds is 2. The molecule has 0 saturated carbocycles. The summed E-state index contributed by atoms with van der Waals surface area (Å²) in [7, 11) is 0. The Kier molecular flexibility index (Phi) is 4.46. The fraction of sp³-hybridized carbons (Fsp3) is 1.00. The summed E-state index contributed by atoms with van der Waals surface area (Å²) >= 11 is 2.43. The van der Waals surface area contributed by atoms with Gasteiger partial charge in [0.05, 0.1) is 0 Å². The van der Waals surface area contributed by atoms with Gasteiger partial charge in [-0.25, -0.2) is 3.11 Å². The van der Waals surface area contributed by atoms with Crippen LogP contribution in [0.4, 0.5) is 0 Å². The summed E-state index contributed by atoms with van der Waals surface area (Å²) < 4.78 is 2.39. The largest absolute Gasteiger partial charge is 0.296 e. The van der Waals surface area contributed by atoms with Gasteiger partial charge in [-0.15, -0.1) is 0 Å². The molecule has 1 aliphatic rings. The minimum Gasteiger partial charge on any atom is -0.296 e. The highest BCUT2D eigenvalue weighted by Crippen LogP contribution is 2.31. The van der Waals surface area contributed by atoms with Crippen molar-refractivity contribution in [3.63, 3.8) is 0 Å². The molecule has 1 heterocycles. The Bertz CT molecular complexity index is 200. The summed E-state index contributed by atoms with van der Waals surface area (Å²) in [4.78, 5) is 2.65. The molecule has 0 N–H and O–H groups in total. The SMILES string of the molecule is CC(C)(C)CC(C)(C)N1CCN(I)CC1. The summed E-state index contributed by atoms with van der Waals surface area (Å²) in [5, 5.41) is 0. The van der Waals surface area contributed by atoms with Gasteiger partial charge in [0.2, 0.25) is 0 Å². The zero-order valence-corrected chi connectivity index (χ0v) is 13.0. The van der Waals surface area contributed by atoms with E-state index < -0.39 is 0 Å². The Labute approximate surface area is 109 Å². The highest BCUT2D eigenvalue weighted by atomic mass is 127. The third kappa shape index (κ3) is 4.57. The molecule has 1 fully saturated rings. The second kappa shape index (κ2) is 4.88. The summed E-state index contributed by atoms with van der Waals surface area (Å²) in [6.07, 6.45) is 1.27. The Morgan fingerprint density at radius 3 is 1.80 bits per heavy atom. The highest BCUT2D eigenvalue weighted by Gasteiger charge is 2.32. The monoisotopic (exact) mass is 324 g/mol. The fourth-order valence-electron chi connectivity index (χ4n) is 2.70. The lowest BCUT2D eigenvalue weighted by Gasteiger charge is -2.45. The maximum absolute atomic E-state index is 2.65. The van der Waals surface area contributed by atoms with Crippen molar-refractivity contribution in [1.29, 1.82) is 0 Å². The zero-order valence-electron chi connectivity index (χ0n) is 10.8. The van der Waals surface area contributed by atoms with Gasteiger partial charge in [0, 0.05) is 54.6 Å². The molecule has 0 aromatic heterocycles. The summed E-state index contributed by atoms with van der Waals surface area (Å²) in [5.74, 6) is 0. The van der Waals surface area contributed by atoms with Crippen LogP contribution in [-0.4, -0.2) is 39.7 Å². The maximum Gasteiger partial charge on any atom is 0.0210 e. The summed E-state index contributed by atoms with van der Waals surface area (Å²) in [5.41, 5.74) is 0.765. The Hall–Kier alpha value is 0.650. The molecule has 0 radical (unpaired) electrons. The molecule has 0 atom stereocenters. The van der Waals surface area contributed by atoms with E-state index in [1.54, 1.807) is 0 Å². The van der Waals surface area contributed by atoms with Crippen LogP contribution in [0.2, 0.25) is 0 Å². The number of nitrogens with zero attached hydrogens (tertiary/aromatic N) is 2. The molecule has 1 rings (SSSR count). The van der Waals surface area contributed by atoms with Gasteiger partial charge in [-0.2, -0.15) is 0 Å². The van der Waals surface area contributed by atoms with Crippen molar-refractivity contribution >= 4 is 22.9 Å². The lowest BCUT2D eigenvalue weighted by atomic mass is 9.80. The highest BCUT2D eigenvalue weighted by molar-refractivity contribution is 14.1. The Morgan fingerprint density at radius 1 is 0.933 bits per heavy atom. The number of halogens is 1. The first kappa shape index (κ1) is 13.7. The van der Waals surface area contributed by atoms with Crippen LogP contribution < -0.4 is 0 Å². The van der Waals surface area contributed by atoms with E-state index in [2.05, 4.69) is 65.5 Å². The molecular formula is C12H25IN2. The number of hydrogen-bond donors (Lipinski definition) is 0. The molecule has 0 aliphatic carbocycles. The van der Waals surface area contributed by atoms with E-state index >= 15 is 0 Å². The topological polar surface area (TPSA) is 6.48 Å². The Morgan fingerprint density at radius 2 is 1.40 bits per heavy atom. The summed E-state index contributed by atoms with van der Waals surface area (Å²) in [6, 6.07) is 0. The fourth-order valence-corrected chi connectivity index (χ4v) is 3.13. The molecular weight excluding hydrogens is 299 g/mol. The first-order valence-electron chi connectivity index (χ1n) is 5.86. The molecule has 0 amide bonds. The van der Waals surface area contributed by atoms with Crippen molar-refractivity contribution in [3.8, 4) is 0 Å². The average molecular weight is 324 g/mol. The van der Waals surface area contributed by atoms with E-state index in [1.807, 2.05) is 0 Å². The molecule has 2 nitrogen and oxygen atoms in total.